The highest BCUT2D eigenvalue weighted by molar-refractivity contribution is 5.90. The molecule has 3 heterocycles. The Morgan fingerprint density at radius 2 is 1.63 bits per heavy atom. The van der Waals surface area contributed by atoms with Crippen molar-refractivity contribution in [1.82, 2.24) is 19.4 Å². The van der Waals surface area contributed by atoms with Crippen LogP contribution in [0.15, 0.2) is 18.2 Å². The number of hydrogen-bond acceptors (Lipinski definition) is 7. The summed E-state index contributed by atoms with van der Waals surface area (Å²) in [5.74, 6) is 1.12. The van der Waals surface area contributed by atoms with Crippen LogP contribution in [-0.4, -0.2) is 69.6 Å². The zero-order chi connectivity index (χ0) is 30.3. The molecular formula is C31H42N4O6. The van der Waals surface area contributed by atoms with E-state index in [-0.39, 0.29) is 12.0 Å². The molecule has 0 spiro atoms. The Bertz CT molecular complexity index is 1460. The van der Waals surface area contributed by atoms with E-state index in [1.807, 2.05) is 66.7 Å². The fourth-order valence-electron chi connectivity index (χ4n) is 5.60. The molecule has 1 aromatic carbocycles. The van der Waals surface area contributed by atoms with Crippen LogP contribution in [0.4, 0.5) is 9.59 Å². The number of likely N-dealkylation sites (tertiary alicyclic amines) is 1. The molecule has 1 aliphatic rings. The minimum Gasteiger partial charge on any atom is -0.493 e. The SMILES string of the molecule is CCc1c(C(C)(C)C)n(C(=O)O)c2nc(-c3ccc(OC)c(OC)c3)c(C3CCN(C(=O)OC(C)(C)C)CC3)nc12. The standard InChI is InChI=1S/C31H42N4O6/c1-10-20-25-27(35(28(36)37)26(20)30(2,3)4)33-24(19-11-12-21(39-8)22(17-19)40-9)23(32-25)18-13-15-34(16-14-18)29(38)41-31(5,6)7/h11-12,17-18H,10,13-16H2,1-9H3,(H,36,37). The zero-order valence-corrected chi connectivity index (χ0v) is 25.6. The molecule has 1 amide bonds. The van der Waals surface area contributed by atoms with Gasteiger partial charge in [0, 0.05) is 41.2 Å². The van der Waals surface area contributed by atoms with E-state index in [0.29, 0.717) is 66.4 Å². The molecule has 0 unspecified atom stereocenters. The van der Waals surface area contributed by atoms with Gasteiger partial charge in [-0.25, -0.2) is 24.1 Å². The van der Waals surface area contributed by atoms with Crippen LogP contribution in [0.3, 0.4) is 0 Å². The van der Waals surface area contributed by atoms with E-state index in [1.165, 1.54) is 4.57 Å². The van der Waals surface area contributed by atoms with Gasteiger partial charge >= 0.3 is 12.2 Å². The first-order valence-corrected chi connectivity index (χ1v) is 14.1. The number of carboxylic acid groups (broad SMARTS) is 1. The van der Waals surface area contributed by atoms with Crippen molar-refractivity contribution in [1.29, 1.82) is 0 Å². The largest absolute Gasteiger partial charge is 0.493 e. The number of rotatable bonds is 5. The van der Waals surface area contributed by atoms with Gasteiger partial charge in [-0.15, -0.1) is 0 Å². The van der Waals surface area contributed by atoms with Crippen molar-refractivity contribution >= 4 is 23.4 Å². The molecule has 1 N–H and O–H groups in total. The third kappa shape index (κ3) is 5.96. The quantitative estimate of drug-likeness (QED) is 0.366. The highest BCUT2D eigenvalue weighted by atomic mass is 16.6. The normalized spacial score (nSPS) is 14.8. The number of carbonyl (C=O) groups is 2. The highest BCUT2D eigenvalue weighted by Crippen LogP contribution is 2.40. The molecule has 2 aromatic heterocycles. The number of nitrogens with zero attached hydrogens (tertiary/aromatic N) is 4. The number of hydrogen-bond donors (Lipinski definition) is 1. The number of benzene rings is 1. The van der Waals surface area contributed by atoms with Crippen molar-refractivity contribution in [3.63, 3.8) is 0 Å². The number of fused-ring (bicyclic) bond motifs is 1. The molecule has 0 bridgehead atoms. The molecule has 222 valence electrons. The predicted octanol–water partition coefficient (Wildman–Crippen LogP) is 6.62. The minimum atomic E-state index is -1.09. The first-order chi connectivity index (χ1) is 19.2. The lowest BCUT2D eigenvalue weighted by molar-refractivity contribution is 0.0204. The van der Waals surface area contributed by atoms with E-state index in [9.17, 15) is 14.7 Å². The lowest BCUT2D eigenvalue weighted by Crippen LogP contribution is -2.41. The molecule has 0 saturated carbocycles. The van der Waals surface area contributed by atoms with E-state index in [4.69, 9.17) is 24.2 Å². The Morgan fingerprint density at radius 3 is 2.15 bits per heavy atom. The van der Waals surface area contributed by atoms with Gasteiger partial charge in [-0.1, -0.05) is 27.7 Å². The van der Waals surface area contributed by atoms with Crippen LogP contribution < -0.4 is 9.47 Å². The number of carbonyl (C=O) groups excluding carboxylic acids is 1. The fourth-order valence-corrected chi connectivity index (χ4v) is 5.60. The maximum Gasteiger partial charge on any atom is 0.417 e. The van der Waals surface area contributed by atoms with Gasteiger partial charge in [0.15, 0.2) is 17.1 Å². The molecule has 1 saturated heterocycles. The molecule has 10 nitrogen and oxygen atoms in total. The molecule has 1 aliphatic heterocycles. The summed E-state index contributed by atoms with van der Waals surface area (Å²) < 4.78 is 17.9. The van der Waals surface area contributed by atoms with Crippen LogP contribution in [0.25, 0.3) is 22.4 Å². The summed E-state index contributed by atoms with van der Waals surface area (Å²) in [7, 11) is 3.15. The van der Waals surface area contributed by atoms with E-state index in [2.05, 4.69) is 0 Å². The summed E-state index contributed by atoms with van der Waals surface area (Å²) in [6.45, 7) is 14.6. The van der Waals surface area contributed by atoms with Gasteiger partial charge in [-0.05, 0) is 58.2 Å². The van der Waals surface area contributed by atoms with Crippen molar-refractivity contribution in [3.8, 4) is 22.8 Å². The van der Waals surface area contributed by atoms with Gasteiger partial charge in [0.05, 0.1) is 25.6 Å². The highest BCUT2D eigenvalue weighted by Gasteiger charge is 2.34. The Morgan fingerprint density at radius 1 is 1.00 bits per heavy atom. The lowest BCUT2D eigenvalue weighted by Gasteiger charge is -2.33. The molecule has 41 heavy (non-hydrogen) atoms. The van der Waals surface area contributed by atoms with Crippen LogP contribution >= 0.6 is 0 Å². The van der Waals surface area contributed by atoms with Crippen molar-refractivity contribution in [2.24, 2.45) is 0 Å². The van der Waals surface area contributed by atoms with Crippen LogP contribution in [-0.2, 0) is 16.6 Å². The number of aromatic nitrogens is 3. The number of aryl methyl sites for hydroxylation is 1. The Hall–Kier alpha value is -3.82. The monoisotopic (exact) mass is 566 g/mol. The van der Waals surface area contributed by atoms with Crippen LogP contribution in [0, 0.1) is 0 Å². The third-order valence-corrected chi connectivity index (χ3v) is 7.36. The van der Waals surface area contributed by atoms with E-state index in [1.54, 1.807) is 19.1 Å². The van der Waals surface area contributed by atoms with Crippen molar-refractivity contribution < 1.29 is 28.9 Å². The summed E-state index contributed by atoms with van der Waals surface area (Å²) in [4.78, 5) is 37.3. The molecule has 10 heteroatoms. The van der Waals surface area contributed by atoms with Crippen LogP contribution in [0.5, 0.6) is 11.5 Å². The molecule has 0 aliphatic carbocycles. The van der Waals surface area contributed by atoms with E-state index in [0.717, 1.165) is 16.8 Å². The van der Waals surface area contributed by atoms with Crippen molar-refractivity contribution in [2.45, 2.75) is 84.7 Å². The third-order valence-electron chi connectivity index (χ3n) is 7.36. The molecule has 0 atom stereocenters. The van der Waals surface area contributed by atoms with Crippen LogP contribution in [0.2, 0.25) is 0 Å². The molecule has 0 radical (unpaired) electrons. The second-order valence-electron chi connectivity index (χ2n) is 12.5. The van der Waals surface area contributed by atoms with Crippen molar-refractivity contribution in [3.05, 3.63) is 35.2 Å². The second-order valence-corrected chi connectivity index (χ2v) is 12.5. The molecule has 4 rings (SSSR count). The zero-order valence-electron chi connectivity index (χ0n) is 25.6. The Labute approximate surface area is 241 Å². The first kappa shape index (κ1) is 30.1. The van der Waals surface area contributed by atoms with Crippen LogP contribution in [0.1, 0.15) is 84.2 Å². The second kappa shape index (κ2) is 11.2. The summed E-state index contributed by atoms with van der Waals surface area (Å²) in [6.07, 6.45) is 0.550. The Kier molecular flexibility index (Phi) is 8.25. The minimum absolute atomic E-state index is 0.00431. The fraction of sp³-hybridized carbons (Fsp3) is 0.548. The molecule has 1 fully saturated rings. The van der Waals surface area contributed by atoms with Gasteiger partial charge in [0.2, 0.25) is 0 Å². The summed E-state index contributed by atoms with van der Waals surface area (Å²) >= 11 is 0. The number of methoxy groups -OCH3 is 2. The predicted molar refractivity (Wildman–Crippen MR) is 157 cm³/mol. The number of piperidine rings is 1. The first-order valence-electron chi connectivity index (χ1n) is 14.1. The maximum absolute atomic E-state index is 12.7. The van der Waals surface area contributed by atoms with Crippen molar-refractivity contribution in [2.75, 3.05) is 27.3 Å². The molecular weight excluding hydrogens is 524 g/mol. The Balaban J connectivity index is 1.90. The van der Waals surface area contributed by atoms with E-state index >= 15 is 0 Å². The number of ether oxygens (including phenoxy) is 3. The lowest BCUT2D eigenvalue weighted by atomic mass is 9.88. The molecule has 3 aromatic rings. The van der Waals surface area contributed by atoms with Gasteiger partial charge in [-0.3, -0.25) is 0 Å². The van der Waals surface area contributed by atoms with Gasteiger partial charge in [0.1, 0.15) is 11.1 Å². The average molecular weight is 567 g/mol. The average Bonchev–Trinajstić information content (AvgIpc) is 3.25. The van der Waals surface area contributed by atoms with Gasteiger partial charge < -0.3 is 24.2 Å². The van der Waals surface area contributed by atoms with E-state index < -0.39 is 17.1 Å². The van der Waals surface area contributed by atoms with Gasteiger partial charge in [0.25, 0.3) is 0 Å². The summed E-state index contributed by atoms with van der Waals surface area (Å²) in [6, 6.07) is 5.53. The smallest absolute Gasteiger partial charge is 0.417 e. The number of amides is 1. The topological polar surface area (TPSA) is 116 Å². The summed E-state index contributed by atoms with van der Waals surface area (Å²) in [5, 5.41) is 10.3. The summed E-state index contributed by atoms with van der Waals surface area (Å²) in [5.41, 5.74) is 3.61. The van der Waals surface area contributed by atoms with Gasteiger partial charge in [-0.2, -0.15) is 0 Å². The maximum atomic E-state index is 12.7.